The second-order valence-corrected chi connectivity index (χ2v) is 1.84. The molecule has 1 aliphatic rings. The van der Waals surface area contributed by atoms with Gasteiger partial charge < -0.3 is 9.62 Å². The lowest BCUT2D eigenvalue weighted by atomic mass is 10.3. The van der Waals surface area contributed by atoms with Gasteiger partial charge in [0.15, 0.2) is 0 Å². The number of rotatable bonds is 2. The Labute approximate surface area is 54.1 Å². The quantitative estimate of drug-likeness (QED) is 0.526. The van der Waals surface area contributed by atoms with Crippen molar-refractivity contribution in [1.29, 1.82) is 0 Å². The summed E-state index contributed by atoms with van der Waals surface area (Å²) in [5, 5.41) is 0. The molecule has 3 heteroatoms. The van der Waals surface area contributed by atoms with Gasteiger partial charge in [-0.25, -0.2) is 0 Å². The molecule has 0 aliphatic carbocycles. The van der Waals surface area contributed by atoms with Crippen molar-refractivity contribution in [2.75, 3.05) is 6.61 Å². The molecule has 3 nitrogen and oxygen atoms in total. The van der Waals surface area contributed by atoms with Gasteiger partial charge in [0.05, 0.1) is 0 Å². The molecule has 0 aromatic rings. The van der Waals surface area contributed by atoms with Gasteiger partial charge in [0.25, 0.3) is 0 Å². The van der Waals surface area contributed by atoms with Gasteiger partial charge in [-0.15, -0.1) is 0 Å². The van der Waals surface area contributed by atoms with E-state index in [0.717, 1.165) is 5.57 Å². The zero-order valence-electron chi connectivity index (χ0n) is 5.59. The van der Waals surface area contributed by atoms with Crippen molar-refractivity contribution in [3.63, 3.8) is 0 Å². The van der Waals surface area contributed by atoms with Crippen LogP contribution in [-0.4, -0.2) is 12.9 Å². The van der Waals surface area contributed by atoms with Crippen molar-refractivity contribution < 1.29 is 14.5 Å². The fourth-order valence-corrected chi connectivity index (χ4v) is 0.596. The molecule has 0 spiro atoms. The standard InChI is InChI=1S/C6H10O3/c1-3-7-6-5(2)4-8-9-6/h4,6H,3H2,1-2H3. The first-order valence-electron chi connectivity index (χ1n) is 2.95. The van der Waals surface area contributed by atoms with Gasteiger partial charge in [0.2, 0.25) is 6.29 Å². The molecule has 52 valence electrons. The normalized spacial score (nSPS) is 25.6. The highest BCUT2D eigenvalue weighted by Crippen LogP contribution is 2.14. The maximum Gasteiger partial charge on any atom is 0.228 e. The maximum atomic E-state index is 5.10. The van der Waals surface area contributed by atoms with Crippen LogP contribution in [0, 0.1) is 0 Å². The van der Waals surface area contributed by atoms with E-state index >= 15 is 0 Å². The molecule has 1 unspecified atom stereocenters. The van der Waals surface area contributed by atoms with Crippen molar-refractivity contribution in [2.24, 2.45) is 0 Å². The van der Waals surface area contributed by atoms with Crippen molar-refractivity contribution in [1.82, 2.24) is 0 Å². The van der Waals surface area contributed by atoms with E-state index in [9.17, 15) is 0 Å². The Morgan fingerprint density at radius 2 is 2.56 bits per heavy atom. The van der Waals surface area contributed by atoms with Gasteiger partial charge in [0, 0.05) is 12.2 Å². The molecule has 0 N–H and O–H groups in total. The second-order valence-electron chi connectivity index (χ2n) is 1.84. The van der Waals surface area contributed by atoms with E-state index in [1.807, 2.05) is 13.8 Å². The molecular weight excluding hydrogens is 120 g/mol. The smallest absolute Gasteiger partial charge is 0.228 e. The highest BCUT2D eigenvalue weighted by Gasteiger charge is 2.17. The molecule has 0 aromatic carbocycles. The molecule has 0 saturated heterocycles. The summed E-state index contributed by atoms with van der Waals surface area (Å²) in [5.41, 5.74) is 0.969. The van der Waals surface area contributed by atoms with Gasteiger partial charge >= 0.3 is 0 Å². The molecule has 1 rings (SSSR count). The molecule has 1 atom stereocenters. The average Bonchev–Trinajstić information content (AvgIpc) is 2.18. The minimum absolute atomic E-state index is 0.282. The molecule has 0 fully saturated rings. The third-order valence-electron chi connectivity index (χ3n) is 1.07. The van der Waals surface area contributed by atoms with Crippen LogP contribution in [0.1, 0.15) is 13.8 Å². The summed E-state index contributed by atoms with van der Waals surface area (Å²) in [6, 6.07) is 0. The molecule has 0 saturated carbocycles. The van der Waals surface area contributed by atoms with Gasteiger partial charge in [-0.05, 0) is 13.8 Å². The summed E-state index contributed by atoms with van der Waals surface area (Å²) in [6.07, 6.45) is 1.26. The van der Waals surface area contributed by atoms with Crippen LogP contribution in [0.3, 0.4) is 0 Å². The monoisotopic (exact) mass is 130 g/mol. The van der Waals surface area contributed by atoms with Gasteiger partial charge in [-0.2, -0.15) is 4.89 Å². The Balaban J connectivity index is 2.34. The number of ether oxygens (including phenoxy) is 1. The largest absolute Gasteiger partial charge is 0.346 e. The SMILES string of the molecule is CCOC1OOC=C1C. The third-order valence-corrected chi connectivity index (χ3v) is 1.07. The van der Waals surface area contributed by atoms with Crippen LogP contribution in [0.2, 0.25) is 0 Å². The Morgan fingerprint density at radius 3 is 3.00 bits per heavy atom. The van der Waals surface area contributed by atoms with E-state index in [-0.39, 0.29) is 6.29 Å². The Bertz CT molecular complexity index is 119. The minimum Gasteiger partial charge on any atom is -0.346 e. The zero-order chi connectivity index (χ0) is 6.69. The van der Waals surface area contributed by atoms with E-state index < -0.39 is 0 Å². The van der Waals surface area contributed by atoms with E-state index in [2.05, 4.69) is 4.89 Å². The average molecular weight is 130 g/mol. The first kappa shape index (κ1) is 6.58. The lowest BCUT2D eigenvalue weighted by Crippen LogP contribution is -2.12. The maximum absolute atomic E-state index is 5.10. The fraction of sp³-hybridized carbons (Fsp3) is 0.667. The second kappa shape index (κ2) is 2.85. The van der Waals surface area contributed by atoms with Crippen molar-refractivity contribution >= 4 is 0 Å². The molecule has 0 amide bonds. The summed E-state index contributed by atoms with van der Waals surface area (Å²) in [4.78, 5) is 9.23. The fourth-order valence-electron chi connectivity index (χ4n) is 0.596. The number of hydrogen-bond acceptors (Lipinski definition) is 3. The molecule has 0 radical (unpaired) electrons. The lowest BCUT2D eigenvalue weighted by Gasteiger charge is -2.06. The summed E-state index contributed by atoms with van der Waals surface area (Å²) in [7, 11) is 0. The van der Waals surface area contributed by atoms with Crippen LogP contribution in [0.4, 0.5) is 0 Å². The molecule has 0 bridgehead atoms. The van der Waals surface area contributed by atoms with Crippen LogP contribution in [0.25, 0.3) is 0 Å². The molecule has 9 heavy (non-hydrogen) atoms. The molecule has 1 aliphatic heterocycles. The Hall–Kier alpha value is -0.540. The Kier molecular flexibility index (Phi) is 2.08. The number of hydrogen-bond donors (Lipinski definition) is 0. The van der Waals surface area contributed by atoms with Crippen LogP contribution in [0.5, 0.6) is 0 Å². The van der Waals surface area contributed by atoms with E-state index in [0.29, 0.717) is 6.61 Å². The Morgan fingerprint density at radius 1 is 1.78 bits per heavy atom. The highest BCUT2D eigenvalue weighted by molar-refractivity contribution is 4.99. The predicted molar refractivity (Wildman–Crippen MR) is 31.3 cm³/mol. The molecular formula is C6H10O3. The highest BCUT2D eigenvalue weighted by atomic mass is 17.2. The van der Waals surface area contributed by atoms with Crippen LogP contribution < -0.4 is 0 Å². The first-order chi connectivity index (χ1) is 4.34. The lowest BCUT2D eigenvalue weighted by molar-refractivity contribution is -0.313. The topological polar surface area (TPSA) is 27.7 Å². The van der Waals surface area contributed by atoms with E-state index in [1.165, 1.54) is 0 Å². The zero-order valence-corrected chi connectivity index (χ0v) is 5.59. The van der Waals surface area contributed by atoms with Crippen molar-refractivity contribution in [2.45, 2.75) is 20.1 Å². The van der Waals surface area contributed by atoms with Crippen LogP contribution in [-0.2, 0) is 14.5 Å². The van der Waals surface area contributed by atoms with Gasteiger partial charge in [-0.3, -0.25) is 0 Å². The molecule has 0 aromatic heterocycles. The van der Waals surface area contributed by atoms with Crippen molar-refractivity contribution in [3.05, 3.63) is 11.8 Å². The van der Waals surface area contributed by atoms with Crippen LogP contribution in [0.15, 0.2) is 11.8 Å². The predicted octanol–water partition coefficient (Wildman–Crippen LogP) is 1.21. The van der Waals surface area contributed by atoms with Crippen molar-refractivity contribution in [3.8, 4) is 0 Å². The molecule has 1 heterocycles. The summed E-state index contributed by atoms with van der Waals surface area (Å²) >= 11 is 0. The summed E-state index contributed by atoms with van der Waals surface area (Å²) in [5.74, 6) is 0. The van der Waals surface area contributed by atoms with Crippen LogP contribution >= 0.6 is 0 Å². The summed E-state index contributed by atoms with van der Waals surface area (Å²) in [6.45, 7) is 4.45. The van der Waals surface area contributed by atoms with E-state index in [1.54, 1.807) is 6.26 Å². The first-order valence-corrected chi connectivity index (χ1v) is 2.95. The third kappa shape index (κ3) is 1.43. The van der Waals surface area contributed by atoms with Gasteiger partial charge in [-0.1, -0.05) is 0 Å². The van der Waals surface area contributed by atoms with Gasteiger partial charge in [0.1, 0.15) is 6.26 Å². The summed E-state index contributed by atoms with van der Waals surface area (Å²) < 4.78 is 5.10. The van der Waals surface area contributed by atoms with E-state index in [4.69, 9.17) is 9.62 Å². The minimum atomic E-state index is -0.282.